The summed E-state index contributed by atoms with van der Waals surface area (Å²) in [6.45, 7) is 4.40. The highest BCUT2D eigenvalue weighted by atomic mass is 16.1. The second kappa shape index (κ2) is 6.65. The molecule has 126 valence electrons. The van der Waals surface area contributed by atoms with Crippen LogP contribution in [0.3, 0.4) is 0 Å². The Kier molecular flexibility index (Phi) is 4.21. The number of benzene rings is 1. The fraction of sp³-hybridized carbons (Fsp3) is 0.444. The van der Waals surface area contributed by atoms with Crippen LogP contribution in [0.15, 0.2) is 30.3 Å². The summed E-state index contributed by atoms with van der Waals surface area (Å²) in [6, 6.07) is 10.5. The van der Waals surface area contributed by atoms with Crippen molar-refractivity contribution in [3.05, 3.63) is 47.3 Å². The van der Waals surface area contributed by atoms with E-state index in [4.69, 9.17) is 0 Å². The second-order valence-electron chi connectivity index (χ2n) is 6.60. The fourth-order valence-electron chi connectivity index (χ4n) is 3.61. The molecule has 0 aliphatic carbocycles. The normalized spacial score (nSPS) is 20.0. The number of hydrogen-bond donors (Lipinski definition) is 3. The Morgan fingerprint density at radius 1 is 1.33 bits per heavy atom. The van der Waals surface area contributed by atoms with Gasteiger partial charge in [0.15, 0.2) is 5.69 Å². The Balaban J connectivity index is 1.33. The second-order valence-corrected chi connectivity index (χ2v) is 6.60. The SMILES string of the molecule is O=C(NCC1CCN(c2ccccc2)C1)c1n[nH]c2c1CNCC2. The third-order valence-corrected chi connectivity index (χ3v) is 4.98. The summed E-state index contributed by atoms with van der Waals surface area (Å²) in [5, 5.41) is 13.6. The minimum atomic E-state index is -0.0608. The lowest BCUT2D eigenvalue weighted by molar-refractivity contribution is 0.0942. The molecule has 1 aromatic carbocycles. The van der Waals surface area contributed by atoms with Gasteiger partial charge in [-0.15, -0.1) is 0 Å². The maximum Gasteiger partial charge on any atom is 0.272 e. The van der Waals surface area contributed by atoms with Gasteiger partial charge in [0, 0.05) is 56.1 Å². The number of aromatic nitrogens is 2. The predicted octanol–water partition coefficient (Wildman–Crippen LogP) is 1.31. The molecule has 2 aliphatic rings. The summed E-state index contributed by atoms with van der Waals surface area (Å²) in [7, 11) is 0. The van der Waals surface area contributed by atoms with Crippen molar-refractivity contribution < 1.29 is 4.79 Å². The van der Waals surface area contributed by atoms with E-state index in [1.54, 1.807) is 0 Å². The smallest absolute Gasteiger partial charge is 0.272 e. The number of hydrogen-bond acceptors (Lipinski definition) is 4. The molecule has 0 spiro atoms. The monoisotopic (exact) mass is 325 g/mol. The number of H-pyrrole nitrogens is 1. The molecule has 2 aliphatic heterocycles. The molecule has 0 radical (unpaired) electrons. The standard InChI is InChI=1S/C18H23N5O/c24-18(17-15-11-19-8-6-16(15)21-22-17)20-10-13-7-9-23(12-13)14-4-2-1-3-5-14/h1-5,13,19H,6-12H2,(H,20,24)(H,21,22). The number of nitrogens with one attached hydrogen (secondary N) is 3. The van der Waals surface area contributed by atoms with Gasteiger partial charge in [-0.2, -0.15) is 5.10 Å². The maximum absolute atomic E-state index is 12.5. The summed E-state index contributed by atoms with van der Waals surface area (Å²) in [5.41, 5.74) is 3.93. The molecule has 4 rings (SSSR count). The summed E-state index contributed by atoms with van der Waals surface area (Å²) in [5.74, 6) is 0.427. The van der Waals surface area contributed by atoms with Crippen LogP contribution in [0.25, 0.3) is 0 Å². The number of anilines is 1. The van der Waals surface area contributed by atoms with E-state index in [0.717, 1.165) is 50.3 Å². The van der Waals surface area contributed by atoms with E-state index in [-0.39, 0.29) is 5.91 Å². The predicted molar refractivity (Wildman–Crippen MR) is 93.1 cm³/mol. The van der Waals surface area contributed by atoms with Gasteiger partial charge in [-0.25, -0.2) is 0 Å². The lowest BCUT2D eigenvalue weighted by Crippen LogP contribution is -2.32. The van der Waals surface area contributed by atoms with Crippen molar-refractivity contribution in [1.29, 1.82) is 0 Å². The summed E-state index contributed by atoms with van der Waals surface area (Å²) in [6.07, 6.45) is 2.01. The summed E-state index contributed by atoms with van der Waals surface area (Å²) < 4.78 is 0. The van der Waals surface area contributed by atoms with Crippen molar-refractivity contribution in [2.75, 3.05) is 31.1 Å². The first-order chi connectivity index (χ1) is 11.8. The molecule has 6 nitrogen and oxygen atoms in total. The van der Waals surface area contributed by atoms with Crippen molar-refractivity contribution in [1.82, 2.24) is 20.8 Å². The van der Waals surface area contributed by atoms with Crippen LogP contribution in [0.1, 0.15) is 28.2 Å². The molecule has 3 heterocycles. The van der Waals surface area contributed by atoms with Crippen molar-refractivity contribution in [2.45, 2.75) is 19.4 Å². The average molecular weight is 325 g/mol. The van der Waals surface area contributed by atoms with Crippen LogP contribution in [0, 0.1) is 5.92 Å². The Morgan fingerprint density at radius 3 is 3.08 bits per heavy atom. The maximum atomic E-state index is 12.5. The van der Waals surface area contributed by atoms with Gasteiger partial charge >= 0.3 is 0 Å². The molecule has 6 heteroatoms. The lowest BCUT2D eigenvalue weighted by Gasteiger charge is -2.18. The number of carbonyl (C=O) groups is 1. The van der Waals surface area contributed by atoms with Crippen molar-refractivity contribution in [3.63, 3.8) is 0 Å². The van der Waals surface area contributed by atoms with Gasteiger partial charge in [0.1, 0.15) is 0 Å². The Labute approximate surface area is 141 Å². The number of rotatable bonds is 4. The highest BCUT2D eigenvalue weighted by Crippen LogP contribution is 2.23. The molecule has 1 fully saturated rings. The largest absolute Gasteiger partial charge is 0.371 e. The highest BCUT2D eigenvalue weighted by Gasteiger charge is 2.25. The van der Waals surface area contributed by atoms with E-state index in [0.29, 0.717) is 18.2 Å². The third kappa shape index (κ3) is 3.01. The van der Waals surface area contributed by atoms with Crippen LogP contribution >= 0.6 is 0 Å². The van der Waals surface area contributed by atoms with E-state index >= 15 is 0 Å². The topological polar surface area (TPSA) is 73.0 Å². The number of para-hydroxylation sites is 1. The van der Waals surface area contributed by atoms with Crippen molar-refractivity contribution in [2.24, 2.45) is 5.92 Å². The first-order valence-electron chi connectivity index (χ1n) is 8.66. The number of aromatic amines is 1. The molecule has 0 bridgehead atoms. The number of carbonyl (C=O) groups excluding carboxylic acids is 1. The van der Waals surface area contributed by atoms with Gasteiger partial charge in [-0.05, 0) is 24.5 Å². The molecule has 24 heavy (non-hydrogen) atoms. The molecule has 1 atom stereocenters. The van der Waals surface area contributed by atoms with E-state index in [1.165, 1.54) is 5.69 Å². The number of fused-ring (bicyclic) bond motifs is 1. The molecule has 1 saturated heterocycles. The Bertz CT molecular complexity index is 711. The molecule has 1 unspecified atom stereocenters. The fourth-order valence-corrected chi connectivity index (χ4v) is 3.61. The van der Waals surface area contributed by atoms with Gasteiger partial charge in [0.05, 0.1) is 0 Å². The van der Waals surface area contributed by atoms with Crippen LogP contribution in [-0.2, 0) is 13.0 Å². The van der Waals surface area contributed by atoms with E-state index < -0.39 is 0 Å². The molecule has 1 amide bonds. The lowest BCUT2D eigenvalue weighted by atomic mass is 10.1. The van der Waals surface area contributed by atoms with E-state index in [1.807, 2.05) is 6.07 Å². The molecule has 3 N–H and O–H groups in total. The number of nitrogens with zero attached hydrogens (tertiary/aromatic N) is 2. The van der Waals surface area contributed by atoms with Crippen molar-refractivity contribution >= 4 is 11.6 Å². The Morgan fingerprint density at radius 2 is 2.21 bits per heavy atom. The molecular formula is C18H23N5O. The first-order valence-corrected chi connectivity index (χ1v) is 8.66. The van der Waals surface area contributed by atoms with Crippen molar-refractivity contribution in [3.8, 4) is 0 Å². The van der Waals surface area contributed by atoms with Crippen LogP contribution in [0.2, 0.25) is 0 Å². The first kappa shape index (κ1) is 15.2. The van der Waals surface area contributed by atoms with Gasteiger partial charge in [0.25, 0.3) is 5.91 Å². The molecule has 0 saturated carbocycles. The quantitative estimate of drug-likeness (QED) is 0.792. The van der Waals surface area contributed by atoms with Gasteiger partial charge in [-0.3, -0.25) is 9.89 Å². The van der Waals surface area contributed by atoms with Gasteiger partial charge in [-0.1, -0.05) is 18.2 Å². The summed E-state index contributed by atoms with van der Waals surface area (Å²) >= 11 is 0. The van der Waals surface area contributed by atoms with Crippen LogP contribution in [-0.4, -0.2) is 42.3 Å². The molecule has 1 aromatic heterocycles. The summed E-state index contributed by atoms with van der Waals surface area (Å²) in [4.78, 5) is 14.8. The van der Waals surface area contributed by atoms with Crippen LogP contribution < -0.4 is 15.5 Å². The van der Waals surface area contributed by atoms with Crippen LogP contribution in [0.4, 0.5) is 5.69 Å². The minimum Gasteiger partial charge on any atom is -0.371 e. The zero-order chi connectivity index (χ0) is 16.4. The highest BCUT2D eigenvalue weighted by molar-refractivity contribution is 5.94. The molecule has 2 aromatic rings. The Hall–Kier alpha value is -2.34. The molecular weight excluding hydrogens is 302 g/mol. The zero-order valence-corrected chi connectivity index (χ0v) is 13.7. The van der Waals surface area contributed by atoms with Crippen LogP contribution in [0.5, 0.6) is 0 Å². The van der Waals surface area contributed by atoms with E-state index in [9.17, 15) is 4.79 Å². The van der Waals surface area contributed by atoms with Gasteiger partial charge < -0.3 is 15.5 Å². The number of amides is 1. The minimum absolute atomic E-state index is 0.0608. The van der Waals surface area contributed by atoms with E-state index in [2.05, 4.69) is 50.0 Å². The average Bonchev–Trinajstić information content (AvgIpc) is 3.27. The third-order valence-electron chi connectivity index (χ3n) is 4.98. The van der Waals surface area contributed by atoms with Gasteiger partial charge in [0.2, 0.25) is 0 Å². The zero-order valence-electron chi connectivity index (χ0n) is 13.7.